The Bertz CT molecular complexity index is 511. The van der Waals surface area contributed by atoms with Crippen LogP contribution in [0.15, 0.2) is 30.3 Å². The molecule has 2 aliphatic rings. The van der Waals surface area contributed by atoms with Crippen LogP contribution in [0, 0.1) is 0 Å². The average molecular weight is 349 g/mol. The van der Waals surface area contributed by atoms with Crippen molar-refractivity contribution in [2.24, 2.45) is 0 Å². The van der Waals surface area contributed by atoms with Gasteiger partial charge in [-0.25, -0.2) is 0 Å². The summed E-state index contributed by atoms with van der Waals surface area (Å²) in [6, 6.07) is 10.2. The van der Waals surface area contributed by atoms with E-state index in [1.807, 2.05) is 30.0 Å². The molecule has 0 saturated carbocycles. The van der Waals surface area contributed by atoms with Gasteiger partial charge in [0.25, 0.3) is 0 Å². The minimum absolute atomic E-state index is 0.136. The minimum Gasteiger partial charge on any atom is -0.379 e. The first-order chi connectivity index (χ1) is 11.8. The van der Waals surface area contributed by atoms with Gasteiger partial charge >= 0.3 is 0 Å². The molecule has 2 aliphatic heterocycles. The van der Waals surface area contributed by atoms with E-state index in [2.05, 4.69) is 22.3 Å². The molecule has 0 aliphatic carbocycles. The molecule has 24 heavy (non-hydrogen) atoms. The van der Waals surface area contributed by atoms with E-state index >= 15 is 0 Å². The number of benzene rings is 1. The average Bonchev–Trinajstić information content (AvgIpc) is 2.67. The lowest BCUT2D eigenvalue weighted by Gasteiger charge is -2.48. The van der Waals surface area contributed by atoms with Gasteiger partial charge in [0.15, 0.2) is 0 Å². The van der Waals surface area contributed by atoms with Gasteiger partial charge in [0.05, 0.1) is 13.2 Å². The summed E-state index contributed by atoms with van der Waals surface area (Å²) in [6.45, 7) is 4.39. The third kappa shape index (κ3) is 4.74. The maximum absolute atomic E-state index is 12.3. The fourth-order valence-corrected chi connectivity index (χ4v) is 4.90. The number of thioether (sulfide) groups is 1. The third-order valence-corrected chi connectivity index (χ3v) is 6.19. The molecule has 4 nitrogen and oxygen atoms in total. The summed E-state index contributed by atoms with van der Waals surface area (Å²) in [5.41, 5.74) is 1.36. The standard InChI is InChI=1S/C19H28N2O2S/c22-18(7-6-17-4-2-1-3-5-17)20-16-19(8-14-24-15-9-19)21-10-12-23-13-11-21/h1-5H,6-16H2,(H,20,22). The number of ether oxygens (including phenoxy) is 1. The van der Waals surface area contributed by atoms with E-state index in [9.17, 15) is 4.79 Å². The molecule has 1 amide bonds. The smallest absolute Gasteiger partial charge is 0.220 e. The molecule has 5 heteroatoms. The van der Waals surface area contributed by atoms with Crippen LogP contribution < -0.4 is 5.32 Å². The quantitative estimate of drug-likeness (QED) is 0.857. The van der Waals surface area contributed by atoms with E-state index in [0.29, 0.717) is 6.42 Å². The predicted octanol–water partition coefficient (Wildman–Crippen LogP) is 2.33. The van der Waals surface area contributed by atoms with Gasteiger partial charge < -0.3 is 10.1 Å². The second-order valence-corrected chi connectivity index (χ2v) is 7.92. The second kappa shape index (κ2) is 8.88. The molecule has 1 aromatic carbocycles. The van der Waals surface area contributed by atoms with Crippen LogP contribution in [0.1, 0.15) is 24.8 Å². The molecule has 3 rings (SSSR count). The summed E-state index contributed by atoms with van der Waals surface area (Å²) in [7, 11) is 0. The summed E-state index contributed by atoms with van der Waals surface area (Å²) in [5, 5.41) is 3.23. The molecule has 0 spiro atoms. The Morgan fingerprint density at radius 1 is 1.17 bits per heavy atom. The number of rotatable bonds is 6. The van der Waals surface area contributed by atoms with Crippen molar-refractivity contribution < 1.29 is 9.53 Å². The van der Waals surface area contributed by atoms with Crippen LogP contribution in [0.4, 0.5) is 0 Å². The summed E-state index contributed by atoms with van der Waals surface area (Å²) in [6.07, 6.45) is 3.71. The van der Waals surface area contributed by atoms with Crippen molar-refractivity contribution in [1.29, 1.82) is 0 Å². The molecule has 0 unspecified atom stereocenters. The van der Waals surface area contributed by atoms with Gasteiger partial charge in [-0.15, -0.1) is 0 Å². The monoisotopic (exact) mass is 348 g/mol. The number of aryl methyl sites for hydroxylation is 1. The van der Waals surface area contributed by atoms with Crippen LogP contribution in [0.2, 0.25) is 0 Å². The lowest BCUT2D eigenvalue weighted by atomic mass is 9.89. The van der Waals surface area contributed by atoms with Gasteiger partial charge in [-0.05, 0) is 36.3 Å². The van der Waals surface area contributed by atoms with Gasteiger partial charge in [-0.3, -0.25) is 9.69 Å². The van der Waals surface area contributed by atoms with Crippen molar-refractivity contribution in [3.63, 3.8) is 0 Å². The Hall–Kier alpha value is -1.04. The van der Waals surface area contributed by atoms with Crippen molar-refractivity contribution in [3.8, 4) is 0 Å². The fraction of sp³-hybridized carbons (Fsp3) is 0.632. The van der Waals surface area contributed by atoms with Gasteiger partial charge in [0, 0.05) is 31.6 Å². The zero-order chi connectivity index (χ0) is 16.7. The summed E-state index contributed by atoms with van der Waals surface area (Å²) < 4.78 is 5.51. The molecule has 0 radical (unpaired) electrons. The minimum atomic E-state index is 0.136. The van der Waals surface area contributed by atoms with Gasteiger partial charge in [-0.2, -0.15) is 11.8 Å². The zero-order valence-corrected chi connectivity index (χ0v) is 15.2. The molecule has 2 fully saturated rings. The van der Waals surface area contributed by atoms with E-state index in [1.165, 1.54) is 17.1 Å². The second-order valence-electron chi connectivity index (χ2n) is 6.70. The Morgan fingerprint density at radius 3 is 2.58 bits per heavy atom. The highest BCUT2D eigenvalue weighted by atomic mass is 32.2. The number of carbonyl (C=O) groups is 1. The molecule has 0 bridgehead atoms. The highest BCUT2D eigenvalue weighted by Gasteiger charge is 2.39. The largest absolute Gasteiger partial charge is 0.379 e. The molecule has 1 N–H and O–H groups in total. The van der Waals surface area contributed by atoms with Crippen molar-refractivity contribution in [3.05, 3.63) is 35.9 Å². The van der Waals surface area contributed by atoms with Crippen molar-refractivity contribution in [2.75, 3.05) is 44.4 Å². The first-order valence-electron chi connectivity index (χ1n) is 9.00. The molecule has 1 aromatic rings. The van der Waals surface area contributed by atoms with E-state index in [-0.39, 0.29) is 11.4 Å². The fourth-order valence-electron chi connectivity index (χ4n) is 3.65. The first kappa shape index (κ1) is 17.8. The van der Waals surface area contributed by atoms with Gasteiger partial charge in [0.2, 0.25) is 5.91 Å². The highest BCUT2D eigenvalue weighted by molar-refractivity contribution is 7.99. The predicted molar refractivity (Wildman–Crippen MR) is 99.5 cm³/mol. The number of amides is 1. The third-order valence-electron chi connectivity index (χ3n) is 5.20. The van der Waals surface area contributed by atoms with Crippen LogP contribution in [0.3, 0.4) is 0 Å². The van der Waals surface area contributed by atoms with E-state index in [0.717, 1.165) is 52.1 Å². The number of carbonyl (C=O) groups excluding carboxylic acids is 1. The highest BCUT2D eigenvalue weighted by Crippen LogP contribution is 2.32. The molecular weight excluding hydrogens is 320 g/mol. The number of morpholine rings is 1. The molecule has 0 atom stereocenters. The Morgan fingerprint density at radius 2 is 1.88 bits per heavy atom. The van der Waals surface area contributed by atoms with Crippen LogP contribution in [0.25, 0.3) is 0 Å². The summed E-state index contributed by atoms with van der Waals surface area (Å²) in [5.74, 6) is 2.55. The topological polar surface area (TPSA) is 41.6 Å². The van der Waals surface area contributed by atoms with Crippen LogP contribution >= 0.6 is 11.8 Å². The van der Waals surface area contributed by atoms with Gasteiger partial charge in [0.1, 0.15) is 0 Å². The van der Waals surface area contributed by atoms with Crippen molar-refractivity contribution in [2.45, 2.75) is 31.2 Å². The van der Waals surface area contributed by atoms with Crippen LogP contribution in [-0.4, -0.2) is 60.7 Å². The van der Waals surface area contributed by atoms with Gasteiger partial charge in [-0.1, -0.05) is 30.3 Å². The normalized spacial score (nSPS) is 21.3. The number of hydrogen-bond donors (Lipinski definition) is 1. The van der Waals surface area contributed by atoms with Crippen molar-refractivity contribution >= 4 is 17.7 Å². The molecule has 2 heterocycles. The Balaban J connectivity index is 1.52. The maximum atomic E-state index is 12.3. The van der Waals surface area contributed by atoms with Crippen molar-refractivity contribution in [1.82, 2.24) is 10.2 Å². The SMILES string of the molecule is O=C(CCc1ccccc1)NCC1(N2CCOCC2)CCSCC1. The van der Waals surface area contributed by atoms with Crippen LogP contribution in [-0.2, 0) is 16.0 Å². The van der Waals surface area contributed by atoms with E-state index in [4.69, 9.17) is 4.74 Å². The first-order valence-corrected chi connectivity index (χ1v) is 10.2. The zero-order valence-electron chi connectivity index (χ0n) is 14.3. The summed E-state index contributed by atoms with van der Waals surface area (Å²) >= 11 is 2.03. The molecule has 132 valence electrons. The molecule has 2 saturated heterocycles. The van der Waals surface area contributed by atoms with Crippen LogP contribution in [0.5, 0.6) is 0 Å². The van der Waals surface area contributed by atoms with E-state index in [1.54, 1.807) is 0 Å². The molecule has 0 aromatic heterocycles. The lowest BCUT2D eigenvalue weighted by molar-refractivity contribution is -0.122. The number of nitrogens with zero attached hydrogens (tertiary/aromatic N) is 1. The Labute approximate surface area is 149 Å². The maximum Gasteiger partial charge on any atom is 0.220 e. The summed E-state index contributed by atoms with van der Waals surface area (Å²) in [4.78, 5) is 14.9. The number of nitrogens with one attached hydrogen (secondary N) is 1. The lowest BCUT2D eigenvalue weighted by Crippen LogP contribution is -2.60. The number of hydrogen-bond acceptors (Lipinski definition) is 4. The Kier molecular flexibility index (Phi) is 6.58. The molecular formula is C19H28N2O2S. The van der Waals surface area contributed by atoms with E-state index < -0.39 is 0 Å².